The van der Waals surface area contributed by atoms with Crippen molar-refractivity contribution in [2.75, 3.05) is 11.9 Å². The predicted molar refractivity (Wildman–Crippen MR) is 87.8 cm³/mol. The molecule has 0 heterocycles. The average molecular weight is 359 g/mol. The number of carbonyl (C=O) groups is 1. The Labute approximate surface area is 134 Å². The summed E-state index contributed by atoms with van der Waals surface area (Å²) in [6, 6.07) is 5.42. The zero-order chi connectivity index (χ0) is 14.6. The Balaban J connectivity index is 1.98. The van der Waals surface area contributed by atoms with Gasteiger partial charge < -0.3 is 5.32 Å². The van der Waals surface area contributed by atoms with E-state index in [1.165, 1.54) is 32.1 Å². The van der Waals surface area contributed by atoms with Gasteiger partial charge in [0.1, 0.15) is 0 Å². The molecule has 1 aromatic carbocycles. The Hall–Kier alpha value is -0.540. The molecule has 20 heavy (non-hydrogen) atoms. The second-order valence-corrected chi connectivity index (χ2v) is 6.81. The van der Waals surface area contributed by atoms with Gasteiger partial charge in [0.2, 0.25) is 0 Å². The minimum atomic E-state index is -0.00401. The lowest BCUT2D eigenvalue weighted by Crippen LogP contribution is -2.40. The Morgan fingerprint density at radius 2 is 2.05 bits per heavy atom. The molecule has 0 aliphatic heterocycles. The number of carbonyl (C=O) groups excluding carboxylic acids is 1. The molecule has 1 amide bonds. The van der Waals surface area contributed by atoms with Crippen molar-refractivity contribution < 1.29 is 4.79 Å². The van der Waals surface area contributed by atoms with Crippen LogP contribution in [0.2, 0.25) is 5.02 Å². The van der Waals surface area contributed by atoms with Crippen molar-refractivity contribution >= 4 is 33.4 Å². The molecular formula is C16H21BrClNO. The van der Waals surface area contributed by atoms with E-state index in [0.717, 1.165) is 17.4 Å². The summed E-state index contributed by atoms with van der Waals surface area (Å²) in [6.07, 6.45) is 6.23. The van der Waals surface area contributed by atoms with Crippen LogP contribution in [0.4, 0.5) is 0 Å². The quantitative estimate of drug-likeness (QED) is 0.775. The highest BCUT2D eigenvalue weighted by Crippen LogP contribution is 2.37. The third-order valence-electron chi connectivity index (χ3n) is 4.24. The van der Waals surface area contributed by atoms with Gasteiger partial charge >= 0.3 is 0 Å². The summed E-state index contributed by atoms with van der Waals surface area (Å²) in [4.78, 5) is 12.2. The van der Waals surface area contributed by atoms with Crippen LogP contribution in [-0.4, -0.2) is 17.8 Å². The second-order valence-electron chi connectivity index (χ2n) is 5.84. The normalized spacial score (nSPS) is 17.8. The van der Waals surface area contributed by atoms with Gasteiger partial charge in [0.05, 0.1) is 0 Å². The maximum absolute atomic E-state index is 12.2. The molecule has 2 nitrogen and oxygen atoms in total. The fraction of sp³-hybridized carbons (Fsp3) is 0.562. The van der Waals surface area contributed by atoms with E-state index in [-0.39, 0.29) is 11.3 Å². The first-order valence-electron chi connectivity index (χ1n) is 7.17. The summed E-state index contributed by atoms with van der Waals surface area (Å²) >= 11 is 9.62. The Morgan fingerprint density at radius 3 is 2.65 bits per heavy atom. The third kappa shape index (κ3) is 3.76. The lowest BCUT2D eigenvalue weighted by atomic mass is 9.75. The van der Waals surface area contributed by atoms with Crippen molar-refractivity contribution in [3.8, 4) is 0 Å². The van der Waals surface area contributed by atoms with E-state index in [2.05, 4.69) is 21.2 Å². The van der Waals surface area contributed by atoms with E-state index in [1.807, 2.05) is 13.0 Å². The molecule has 1 N–H and O–H groups in total. The van der Waals surface area contributed by atoms with E-state index >= 15 is 0 Å². The highest BCUT2D eigenvalue weighted by molar-refractivity contribution is 9.09. The number of nitrogens with one attached hydrogen (secondary N) is 1. The maximum Gasteiger partial charge on any atom is 0.251 e. The van der Waals surface area contributed by atoms with Gasteiger partial charge in [-0.25, -0.2) is 0 Å². The first-order chi connectivity index (χ1) is 9.56. The molecule has 0 radical (unpaired) electrons. The van der Waals surface area contributed by atoms with Crippen molar-refractivity contribution in [1.82, 2.24) is 5.32 Å². The van der Waals surface area contributed by atoms with Crippen LogP contribution in [0.15, 0.2) is 18.2 Å². The van der Waals surface area contributed by atoms with Gasteiger partial charge in [0.15, 0.2) is 0 Å². The molecular weight excluding hydrogens is 338 g/mol. The Morgan fingerprint density at radius 1 is 1.35 bits per heavy atom. The van der Waals surface area contributed by atoms with Crippen LogP contribution in [0, 0.1) is 12.3 Å². The number of rotatable bonds is 4. The summed E-state index contributed by atoms with van der Waals surface area (Å²) in [5.41, 5.74) is 1.86. The number of hydrogen-bond acceptors (Lipinski definition) is 1. The second kappa shape index (κ2) is 6.95. The number of amides is 1. The maximum atomic E-state index is 12.2. The lowest BCUT2D eigenvalue weighted by molar-refractivity contribution is 0.0922. The molecule has 110 valence electrons. The highest BCUT2D eigenvalue weighted by Gasteiger charge is 2.31. The van der Waals surface area contributed by atoms with E-state index in [1.54, 1.807) is 12.1 Å². The van der Waals surface area contributed by atoms with Gasteiger partial charge in [-0.15, -0.1) is 0 Å². The van der Waals surface area contributed by atoms with Crippen molar-refractivity contribution in [3.63, 3.8) is 0 Å². The largest absolute Gasteiger partial charge is 0.351 e. The van der Waals surface area contributed by atoms with Crippen molar-refractivity contribution in [1.29, 1.82) is 0 Å². The molecule has 0 aromatic heterocycles. The van der Waals surface area contributed by atoms with Crippen LogP contribution in [0.25, 0.3) is 0 Å². The van der Waals surface area contributed by atoms with E-state index in [4.69, 9.17) is 11.6 Å². The summed E-state index contributed by atoms with van der Waals surface area (Å²) in [6.45, 7) is 2.67. The van der Waals surface area contributed by atoms with Gasteiger partial charge in [-0.3, -0.25) is 4.79 Å². The van der Waals surface area contributed by atoms with Gasteiger partial charge in [0.25, 0.3) is 5.91 Å². The molecule has 1 aliphatic rings. The van der Waals surface area contributed by atoms with Gasteiger partial charge in [-0.2, -0.15) is 0 Å². The fourth-order valence-electron chi connectivity index (χ4n) is 2.82. The monoisotopic (exact) mass is 357 g/mol. The zero-order valence-corrected chi connectivity index (χ0v) is 14.2. The summed E-state index contributed by atoms with van der Waals surface area (Å²) in [5, 5.41) is 4.75. The van der Waals surface area contributed by atoms with Crippen molar-refractivity contribution in [2.24, 2.45) is 5.41 Å². The van der Waals surface area contributed by atoms with E-state index in [0.29, 0.717) is 10.6 Å². The predicted octanol–water partition coefficient (Wildman–Crippen LogP) is 4.72. The lowest BCUT2D eigenvalue weighted by Gasteiger charge is -2.35. The van der Waals surface area contributed by atoms with Crippen molar-refractivity contribution in [2.45, 2.75) is 39.0 Å². The molecule has 1 aliphatic carbocycles. The van der Waals surface area contributed by atoms with E-state index in [9.17, 15) is 4.79 Å². The number of halogens is 2. The molecule has 1 fully saturated rings. The number of hydrogen-bond donors (Lipinski definition) is 1. The fourth-order valence-corrected chi connectivity index (χ4v) is 3.69. The summed E-state index contributed by atoms with van der Waals surface area (Å²) < 4.78 is 0. The molecule has 0 bridgehead atoms. The first-order valence-corrected chi connectivity index (χ1v) is 8.67. The standard InChI is InChI=1S/C16H21BrClNO/c1-12-9-13(5-6-14(12)18)15(20)19-11-16(10-17)7-3-2-4-8-16/h5-6,9H,2-4,7-8,10-11H2,1H3,(H,19,20). The SMILES string of the molecule is Cc1cc(C(=O)NCC2(CBr)CCCCC2)ccc1Cl. The van der Waals surface area contributed by atoms with Gasteiger partial charge in [-0.1, -0.05) is 46.8 Å². The molecule has 0 atom stereocenters. The van der Waals surface area contributed by atoms with E-state index < -0.39 is 0 Å². The van der Waals surface area contributed by atoms with Gasteiger partial charge in [-0.05, 0) is 48.9 Å². The number of alkyl halides is 1. The topological polar surface area (TPSA) is 29.1 Å². The minimum Gasteiger partial charge on any atom is -0.351 e. The smallest absolute Gasteiger partial charge is 0.251 e. The Kier molecular flexibility index (Phi) is 5.50. The van der Waals surface area contributed by atoms with Crippen molar-refractivity contribution in [3.05, 3.63) is 34.3 Å². The molecule has 0 saturated heterocycles. The average Bonchev–Trinajstić information content (AvgIpc) is 2.48. The van der Waals surface area contributed by atoms with Crippen LogP contribution in [0.3, 0.4) is 0 Å². The van der Waals surface area contributed by atoms with Crippen LogP contribution < -0.4 is 5.32 Å². The summed E-state index contributed by atoms with van der Waals surface area (Å²) in [7, 11) is 0. The molecule has 0 spiro atoms. The third-order valence-corrected chi connectivity index (χ3v) is 5.86. The summed E-state index contributed by atoms with van der Waals surface area (Å²) in [5.74, 6) is -0.00401. The molecule has 1 aromatic rings. The molecule has 1 saturated carbocycles. The molecule has 2 rings (SSSR count). The molecule has 4 heteroatoms. The van der Waals surface area contributed by atoms with Crippen LogP contribution in [0.5, 0.6) is 0 Å². The highest BCUT2D eigenvalue weighted by atomic mass is 79.9. The van der Waals surface area contributed by atoms with Crippen LogP contribution in [-0.2, 0) is 0 Å². The first kappa shape index (κ1) is 15.8. The number of benzene rings is 1. The number of aryl methyl sites for hydroxylation is 1. The van der Waals surface area contributed by atoms with Crippen LogP contribution >= 0.6 is 27.5 Å². The van der Waals surface area contributed by atoms with Gasteiger partial charge in [0, 0.05) is 22.5 Å². The van der Waals surface area contributed by atoms with Crippen LogP contribution in [0.1, 0.15) is 48.0 Å². The molecule has 0 unspecified atom stereocenters. The zero-order valence-electron chi connectivity index (χ0n) is 11.8. The minimum absolute atomic E-state index is 0.00401. The Bertz CT molecular complexity index is 483.